The van der Waals surface area contributed by atoms with Gasteiger partial charge in [-0.1, -0.05) is 24.3 Å². The third-order valence-electron chi connectivity index (χ3n) is 1.40. The highest BCUT2D eigenvalue weighted by molar-refractivity contribution is 5.67. The van der Waals surface area contributed by atoms with Gasteiger partial charge in [-0.15, -0.1) is 13.2 Å². The van der Waals surface area contributed by atoms with E-state index in [0.29, 0.717) is 0 Å². The number of rotatable bonds is 6. The summed E-state index contributed by atoms with van der Waals surface area (Å²) in [6, 6.07) is 0. The number of carboxylic acid groups (broad SMARTS) is 1. The summed E-state index contributed by atoms with van der Waals surface area (Å²) in [6.45, 7) is 7.10. The SMILES string of the molecule is C=CCC=CC(C=C)CC(=O)O. The molecule has 0 aromatic carbocycles. The lowest BCUT2D eigenvalue weighted by atomic mass is 10.1. The molecule has 12 heavy (non-hydrogen) atoms. The largest absolute Gasteiger partial charge is 0.481 e. The van der Waals surface area contributed by atoms with Crippen LogP contribution in [-0.4, -0.2) is 11.1 Å². The average Bonchev–Trinajstić information content (AvgIpc) is 2.02. The van der Waals surface area contributed by atoms with Crippen molar-refractivity contribution in [3.8, 4) is 0 Å². The molecule has 66 valence electrons. The molecule has 2 heteroatoms. The molecule has 0 aromatic rings. The summed E-state index contributed by atoms with van der Waals surface area (Å²) >= 11 is 0. The van der Waals surface area contributed by atoms with Crippen molar-refractivity contribution in [3.05, 3.63) is 37.5 Å². The van der Waals surface area contributed by atoms with E-state index in [2.05, 4.69) is 13.2 Å². The second kappa shape index (κ2) is 6.40. The van der Waals surface area contributed by atoms with E-state index in [0.717, 1.165) is 6.42 Å². The fraction of sp³-hybridized carbons (Fsp3) is 0.300. The molecule has 1 unspecified atom stereocenters. The summed E-state index contributed by atoms with van der Waals surface area (Å²) in [5, 5.41) is 8.47. The van der Waals surface area contributed by atoms with Crippen molar-refractivity contribution < 1.29 is 9.90 Å². The second-order valence-corrected chi connectivity index (χ2v) is 2.45. The molecular weight excluding hydrogens is 152 g/mol. The number of carbonyl (C=O) groups is 1. The van der Waals surface area contributed by atoms with Gasteiger partial charge < -0.3 is 5.11 Å². The Bertz CT molecular complexity index is 192. The molecule has 0 radical (unpaired) electrons. The standard InChI is InChI=1S/C10H14O2/c1-3-5-6-7-9(4-2)8-10(11)12/h3-4,6-7,9H,1-2,5,8H2,(H,11,12). The van der Waals surface area contributed by atoms with Crippen molar-refractivity contribution in [1.29, 1.82) is 0 Å². The monoisotopic (exact) mass is 166 g/mol. The fourth-order valence-electron chi connectivity index (χ4n) is 0.781. The van der Waals surface area contributed by atoms with E-state index >= 15 is 0 Å². The number of aliphatic carboxylic acids is 1. The minimum Gasteiger partial charge on any atom is -0.481 e. The topological polar surface area (TPSA) is 37.3 Å². The summed E-state index contributed by atoms with van der Waals surface area (Å²) in [4.78, 5) is 10.3. The van der Waals surface area contributed by atoms with E-state index in [4.69, 9.17) is 5.11 Å². The summed E-state index contributed by atoms with van der Waals surface area (Å²) in [6.07, 6.45) is 8.00. The summed E-state index contributed by atoms with van der Waals surface area (Å²) in [5.74, 6) is -0.870. The predicted octanol–water partition coefficient (Wildman–Crippen LogP) is 2.40. The molecule has 0 rings (SSSR count). The van der Waals surface area contributed by atoms with Crippen LogP contribution in [0.2, 0.25) is 0 Å². The first kappa shape index (κ1) is 10.7. The molecule has 0 saturated carbocycles. The van der Waals surface area contributed by atoms with Crippen LogP contribution in [0.3, 0.4) is 0 Å². The highest BCUT2D eigenvalue weighted by Gasteiger charge is 2.04. The number of hydrogen-bond donors (Lipinski definition) is 1. The van der Waals surface area contributed by atoms with Crippen molar-refractivity contribution in [2.45, 2.75) is 12.8 Å². The molecule has 0 saturated heterocycles. The highest BCUT2D eigenvalue weighted by atomic mass is 16.4. The Morgan fingerprint density at radius 3 is 2.58 bits per heavy atom. The third-order valence-corrected chi connectivity index (χ3v) is 1.40. The van der Waals surface area contributed by atoms with Crippen LogP contribution in [0.1, 0.15) is 12.8 Å². The fourth-order valence-corrected chi connectivity index (χ4v) is 0.781. The molecule has 1 N–H and O–H groups in total. The zero-order chi connectivity index (χ0) is 9.40. The lowest BCUT2D eigenvalue weighted by Crippen LogP contribution is -2.02. The van der Waals surface area contributed by atoms with Crippen molar-refractivity contribution >= 4 is 5.97 Å². The number of carboxylic acids is 1. The Hall–Kier alpha value is -1.31. The van der Waals surface area contributed by atoms with Gasteiger partial charge in [0.2, 0.25) is 0 Å². The van der Waals surface area contributed by atoms with Gasteiger partial charge in [0.15, 0.2) is 0 Å². The van der Waals surface area contributed by atoms with E-state index < -0.39 is 5.97 Å². The lowest BCUT2D eigenvalue weighted by molar-refractivity contribution is -0.137. The second-order valence-electron chi connectivity index (χ2n) is 2.45. The lowest BCUT2D eigenvalue weighted by Gasteiger charge is -2.01. The zero-order valence-corrected chi connectivity index (χ0v) is 7.07. The van der Waals surface area contributed by atoms with Crippen LogP contribution in [0.4, 0.5) is 0 Å². The number of allylic oxidation sites excluding steroid dienone is 4. The smallest absolute Gasteiger partial charge is 0.304 e. The molecule has 0 fully saturated rings. The van der Waals surface area contributed by atoms with Gasteiger partial charge in [-0.25, -0.2) is 0 Å². The van der Waals surface area contributed by atoms with Crippen molar-refractivity contribution in [1.82, 2.24) is 0 Å². The predicted molar refractivity (Wildman–Crippen MR) is 49.9 cm³/mol. The Kier molecular flexibility index (Phi) is 5.70. The first-order chi connectivity index (χ1) is 5.70. The average molecular weight is 166 g/mol. The molecule has 2 nitrogen and oxygen atoms in total. The van der Waals surface area contributed by atoms with Gasteiger partial charge >= 0.3 is 5.97 Å². The molecule has 0 bridgehead atoms. The first-order valence-electron chi connectivity index (χ1n) is 3.82. The third kappa shape index (κ3) is 5.47. The maximum Gasteiger partial charge on any atom is 0.304 e. The van der Waals surface area contributed by atoms with Gasteiger partial charge in [0.05, 0.1) is 6.42 Å². The van der Waals surface area contributed by atoms with Gasteiger partial charge in [-0.2, -0.15) is 0 Å². The van der Waals surface area contributed by atoms with Crippen LogP contribution in [0, 0.1) is 5.92 Å². The van der Waals surface area contributed by atoms with Gasteiger partial charge in [0.1, 0.15) is 0 Å². The molecule has 0 aliphatic heterocycles. The van der Waals surface area contributed by atoms with E-state index in [1.807, 2.05) is 12.2 Å². The summed E-state index contributed by atoms with van der Waals surface area (Å²) < 4.78 is 0. The van der Waals surface area contributed by atoms with E-state index in [-0.39, 0.29) is 12.3 Å². The Morgan fingerprint density at radius 1 is 1.50 bits per heavy atom. The molecule has 1 atom stereocenters. The Labute approximate surface area is 72.9 Å². The van der Waals surface area contributed by atoms with Crippen molar-refractivity contribution in [2.24, 2.45) is 5.92 Å². The van der Waals surface area contributed by atoms with Crippen LogP contribution in [0.5, 0.6) is 0 Å². The molecule has 0 aliphatic rings. The Morgan fingerprint density at radius 2 is 2.17 bits per heavy atom. The highest BCUT2D eigenvalue weighted by Crippen LogP contribution is 2.06. The van der Waals surface area contributed by atoms with Crippen molar-refractivity contribution in [3.63, 3.8) is 0 Å². The van der Waals surface area contributed by atoms with Crippen LogP contribution in [0.15, 0.2) is 37.5 Å². The van der Waals surface area contributed by atoms with Crippen LogP contribution < -0.4 is 0 Å². The van der Waals surface area contributed by atoms with Crippen LogP contribution in [0.25, 0.3) is 0 Å². The minimum absolute atomic E-state index is 0.0672. The minimum atomic E-state index is -0.803. The van der Waals surface area contributed by atoms with E-state index in [1.165, 1.54) is 0 Å². The maximum absolute atomic E-state index is 10.3. The molecule has 0 aliphatic carbocycles. The van der Waals surface area contributed by atoms with E-state index in [1.54, 1.807) is 12.2 Å². The molecular formula is C10H14O2. The van der Waals surface area contributed by atoms with Gasteiger partial charge in [-0.05, 0) is 6.42 Å². The van der Waals surface area contributed by atoms with Crippen LogP contribution >= 0.6 is 0 Å². The van der Waals surface area contributed by atoms with Gasteiger partial charge in [-0.3, -0.25) is 4.79 Å². The van der Waals surface area contributed by atoms with E-state index in [9.17, 15) is 4.79 Å². The summed E-state index contributed by atoms with van der Waals surface area (Å²) in [5.41, 5.74) is 0. The Balaban J connectivity index is 3.89. The molecule has 0 amide bonds. The quantitative estimate of drug-likeness (QED) is 0.615. The van der Waals surface area contributed by atoms with Crippen LogP contribution in [-0.2, 0) is 4.79 Å². The summed E-state index contributed by atoms with van der Waals surface area (Å²) in [7, 11) is 0. The van der Waals surface area contributed by atoms with Gasteiger partial charge in [0, 0.05) is 5.92 Å². The maximum atomic E-state index is 10.3. The normalized spacial score (nSPS) is 12.7. The van der Waals surface area contributed by atoms with Crippen molar-refractivity contribution in [2.75, 3.05) is 0 Å². The number of hydrogen-bond acceptors (Lipinski definition) is 1. The molecule has 0 heterocycles. The zero-order valence-electron chi connectivity index (χ0n) is 7.07. The molecule has 0 spiro atoms. The molecule has 0 aromatic heterocycles. The van der Waals surface area contributed by atoms with Gasteiger partial charge in [0.25, 0.3) is 0 Å². The first-order valence-corrected chi connectivity index (χ1v) is 3.82.